The Morgan fingerprint density at radius 1 is 1.32 bits per heavy atom. The monoisotopic (exact) mass is 279 g/mol. The molecule has 0 heterocycles. The molecule has 0 aromatic heterocycles. The van der Waals surface area contributed by atoms with Crippen molar-refractivity contribution in [2.24, 2.45) is 0 Å². The fraction of sp³-hybridized carbons (Fsp3) is 0.429. The zero-order valence-electron chi connectivity index (χ0n) is 10.4. The molecule has 0 aliphatic heterocycles. The van der Waals surface area contributed by atoms with Crippen LogP contribution in [0.15, 0.2) is 18.2 Å². The van der Waals surface area contributed by atoms with Gasteiger partial charge in [0.25, 0.3) is 5.69 Å². The number of rotatable bonds is 1. The number of aliphatic hydroxyl groups is 1. The number of nitro benzene ring substituents is 1. The maximum Gasteiger partial charge on any atom is 0.286 e. The van der Waals surface area contributed by atoms with Gasteiger partial charge in [-0.15, -0.1) is 0 Å². The molecule has 1 aromatic carbocycles. The van der Waals surface area contributed by atoms with E-state index in [2.05, 4.69) is 11.8 Å². The Balaban J connectivity index is 2.36. The second-order valence-electron chi connectivity index (χ2n) is 4.73. The Labute approximate surface area is 116 Å². The average Bonchev–Trinajstić information content (AvgIpc) is 2.38. The van der Waals surface area contributed by atoms with E-state index >= 15 is 0 Å². The van der Waals surface area contributed by atoms with Crippen molar-refractivity contribution in [3.05, 3.63) is 38.9 Å². The molecule has 1 saturated carbocycles. The average molecular weight is 280 g/mol. The highest BCUT2D eigenvalue weighted by Crippen LogP contribution is 2.29. The van der Waals surface area contributed by atoms with Crippen LogP contribution in [-0.4, -0.2) is 15.6 Å². The van der Waals surface area contributed by atoms with E-state index < -0.39 is 10.5 Å². The van der Waals surface area contributed by atoms with Crippen molar-refractivity contribution in [3.63, 3.8) is 0 Å². The van der Waals surface area contributed by atoms with Crippen LogP contribution in [0.5, 0.6) is 0 Å². The van der Waals surface area contributed by atoms with E-state index in [1.54, 1.807) is 6.07 Å². The molecule has 100 valence electrons. The van der Waals surface area contributed by atoms with Crippen LogP contribution in [0, 0.1) is 22.0 Å². The smallest absolute Gasteiger partial charge is 0.286 e. The quantitative estimate of drug-likeness (QED) is 0.487. The van der Waals surface area contributed by atoms with Gasteiger partial charge in [0.2, 0.25) is 0 Å². The van der Waals surface area contributed by atoms with Crippen molar-refractivity contribution in [3.8, 4) is 11.8 Å². The predicted octanol–water partition coefficient (Wildman–Crippen LogP) is 3.29. The SMILES string of the molecule is O=[N+]([O-])c1cccc(Cl)c1C#CC1(O)CCCCC1. The Kier molecular flexibility index (Phi) is 4.08. The molecular formula is C14H14ClNO3. The van der Waals surface area contributed by atoms with Gasteiger partial charge in [-0.2, -0.15) is 0 Å². The number of hydrogen-bond acceptors (Lipinski definition) is 3. The minimum atomic E-state index is -1.04. The molecule has 1 N–H and O–H groups in total. The molecule has 0 radical (unpaired) electrons. The van der Waals surface area contributed by atoms with Gasteiger partial charge in [0.15, 0.2) is 0 Å². The van der Waals surface area contributed by atoms with Gasteiger partial charge in [0, 0.05) is 6.07 Å². The van der Waals surface area contributed by atoms with Gasteiger partial charge in [0.05, 0.1) is 9.95 Å². The number of halogens is 1. The van der Waals surface area contributed by atoms with Gasteiger partial charge in [0.1, 0.15) is 11.2 Å². The molecule has 0 bridgehead atoms. The van der Waals surface area contributed by atoms with E-state index in [4.69, 9.17) is 11.6 Å². The first-order chi connectivity index (χ1) is 9.02. The van der Waals surface area contributed by atoms with E-state index in [0.29, 0.717) is 12.8 Å². The summed E-state index contributed by atoms with van der Waals surface area (Å²) in [5, 5.41) is 21.4. The molecule has 2 rings (SSSR count). The Morgan fingerprint density at radius 3 is 2.63 bits per heavy atom. The Bertz CT molecular complexity index is 554. The number of nitro groups is 1. The zero-order chi connectivity index (χ0) is 13.9. The Morgan fingerprint density at radius 2 is 2.00 bits per heavy atom. The first-order valence-corrected chi connectivity index (χ1v) is 6.58. The molecule has 0 atom stereocenters. The van der Waals surface area contributed by atoms with E-state index in [1.165, 1.54) is 12.1 Å². The third kappa shape index (κ3) is 3.25. The lowest BCUT2D eigenvalue weighted by molar-refractivity contribution is -0.385. The fourth-order valence-electron chi connectivity index (χ4n) is 2.23. The maximum absolute atomic E-state index is 10.9. The van der Waals surface area contributed by atoms with Gasteiger partial charge in [-0.25, -0.2) is 0 Å². The molecular weight excluding hydrogens is 266 g/mol. The molecule has 5 heteroatoms. The third-order valence-corrected chi connectivity index (χ3v) is 3.60. The van der Waals surface area contributed by atoms with Crippen molar-refractivity contribution >= 4 is 17.3 Å². The summed E-state index contributed by atoms with van der Waals surface area (Å²) in [5.74, 6) is 5.47. The molecule has 1 aliphatic rings. The van der Waals surface area contributed by atoms with Crippen molar-refractivity contribution in [2.45, 2.75) is 37.7 Å². The summed E-state index contributed by atoms with van der Waals surface area (Å²) in [5.41, 5.74) is -0.988. The van der Waals surface area contributed by atoms with Crippen LogP contribution in [0.4, 0.5) is 5.69 Å². The van der Waals surface area contributed by atoms with Gasteiger partial charge in [-0.1, -0.05) is 35.9 Å². The molecule has 4 nitrogen and oxygen atoms in total. The zero-order valence-corrected chi connectivity index (χ0v) is 11.1. The van der Waals surface area contributed by atoms with E-state index in [1.807, 2.05) is 0 Å². The van der Waals surface area contributed by atoms with Gasteiger partial charge >= 0.3 is 0 Å². The van der Waals surface area contributed by atoms with Gasteiger partial charge in [-0.3, -0.25) is 10.1 Å². The molecule has 0 saturated heterocycles. The molecule has 0 unspecified atom stereocenters. The number of benzene rings is 1. The summed E-state index contributed by atoms with van der Waals surface area (Å²) in [7, 11) is 0. The molecule has 1 aromatic rings. The van der Waals surface area contributed by atoms with Crippen LogP contribution < -0.4 is 0 Å². The summed E-state index contributed by atoms with van der Waals surface area (Å²) < 4.78 is 0. The standard InChI is InChI=1S/C14H14ClNO3/c15-12-5-4-6-13(16(18)19)11(12)7-10-14(17)8-2-1-3-9-14/h4-6,17H,1-3,8-9H2. The van der Waals surface area contributed by atoms with E-state index in [-0.39, 0.29) is 16.3 Å². The second-order valence-corrected chi connectivity index (χ2v) is 5.14. The minimum Gasteiger partial charge on any atom is -0.378 e. The highest BCUT2D eigenvalue weighted by atomic mass is 35.5. The lowest BCUT2D eigenvalue weighted by atomic mass is 9.85. The normalized spacial score (nSPS) is 17.4. The van der Waals surface area contributed by atoms with E-state index in [9.17, 15) is 15.2 Å². The molecule has 1 aliphatic carbocycles. The minimum absolute atomic E-state index is 0.126. The van der Waals surface area contributed by atoms with Crippen molar-refractivity contribution in [2.75, 3.05) is 0 Å². The van der Waals surface area contributed by atoms with Crippen LogP contribution in [0.25, 0.3) is 0 Å². The fourth-order valence-corrected chi connectivity index (χ4v) is 2.45. The molecule has 0 spiro atoms. The molecule has 0 amide bonds. The van der Waals surface area contributed by atoms with Crippen LogP contribution in [0.1, 0.15) is 37.7 Å². The largest absolute Gasteiger partial charge is 0.378 e. The van der Waals surface area contributed by atoms with Crippen molar-refractivity contribution in [1.82, 2.24) is 0 Å². The van der Waals surface area contributed by atoms with Crippen LogP contribution in [-0.2, 0) is 0 Å². The highest BCUT2D eigenvalue weighted by molar-refractivity contribution is 6.32. The Hall–Kier alpha value is -1.57. The summed E-state index contributed by atoms with van der Waals surface area (Å²) in [6.07, 6.45) is 4.17. The van der Waals surface area contributed by atoms with Gasteiger partial charge in [-0.05, 0) is 31.7 Å². The second kappa shape index (κ2) is 5.60. The summed E-state index contributed by atoms with van der Waals surface area (Å²) in [6, 6.07) is 4.44. The maximum atomic E-state index is 10.9. The number of nitrogens with zero attached hydrogens (tertiary/aromatic N) is 1. The van der Waals surface area contributed by atoms with Crippen molar-refractivity contribution < 1.29 is 10.0 Å². The first-order valence-electron chi connectivity index (χ1n) is 6.20. The molecule has 19 heavy (non-hydrogen) atoms. The first kappa shape index (κ1) is 13.9. The highest BCUT2D eigenvalue weighted by Gasteiger charge is 2.27. The summed E-state index contributed by atoms with van der Waals surface area (Å²) in [6.45, 7) is 0. The predicted molar refractivity (Wildman–Crippen MR) is 73.0 cm³/mol. The number of hydrogen-bond donors (Lipinski definition) is 1. The van der Waals surface area contributed by atoms with E-state index in [0.717, 1.165) is 19.3 Å². The summed E-state index contributed by atoms with van der Waals surface area (Å²) >= 11 is 5.95. The van der Waals surface area contributed by atoms with Crippen molar-refractivity contribution in [1.29, 1.82) is 0 Å². The van der Waals surface area contributed by atoms with Crippen LogP contribution in [0.2, 0.25) is 5.02 Å². The topological polar surface area (TPSA) is 63.4 Å². The lowest BCUT2D eigenvalue weighted by Gasteiger charge is -2.26. The summed E-state index contributed by atoms with van der Waals surface area (Å²) in [4.78, 5) is 10.4. The molecule has 1 fully saturated rings. The van der Waals surface area contributed by atoms with Crippen LogP contribution in [0.3, 0.4) is 0 Å². The lowest BCUT2D eigenvalue weighted by Crippen LogP contribution is -2.29. The van der Waals surface area contributed by atoms with Gasteiger partial charge < -0.3 is 5.11 Å². The third-order valence-electron chi connectivity index (χ3n) is 3.29. The van der Waals surface area contributed by atoms with Crippen LogP contribution >= 0.6 is 11.6 Å².